The lowest BCUT2D eigenvalue weighted by molar-refractivity contribution is 0.448. The zero-order valence-corrected chi connectivity index (χ0v) is 11.0. The number of aromatic nitrogens is 2. The van der Waals surface area contributed by atoms with Crippen LogP contribution in [0.2, 0.25) is 5.15 Å². The van der Waals surface area contributed by atoms with E-state index in [-0.39, 0.29) is 5.82 Å². The van der Waals surface area contributed by atoms with E-state index in [2.05, 4.69) is 10.2 Å². The van der Waals surface area contributed by atoms with Gasteiger partial charge in [-0.25, -0.2) is 4.39 Å². The van der Waals surface area contributed by atoms with Crippen molar-refractivity contribution in [2.24, 2.45) is 0 Å². The van der Waals surface area contributed by atoms with Crippen molar-refractivity contribution in [1.29, 1.82) is 0 Å². The first-order chi connectivity index (χ1) is 8.49. The summed E-state index contributed by atoms with van der Waals surface area (Å²) in [6.07, 6.45) is 0. The third-order valence-corrected chi connectivity index (χ3v) is 3.12. The average molecular weight is 267 g/mol. The number of hydrogen-bond acceptors (Lipinski definition) is 3. The normalized spacial score (nSPS) is 10.5. The highest BCUT2D eigenvalue weighted by atomic mass is 35.5. The molecule has 0 N–H and O–H groups in total. The van der Waals surface area contributed by atoms with Crippen molar-refractivity contribution in [3.63, 3.8) is 0 Å². The van der Waals surface area contributed by atoms with E-state index in [1.165, 1.54) is 6.07 Å². The Hall–Kier alpha value is -1.68. The Morgan fingerprint density at radius 2 is 1.83 bits per heavy atom. The van der Waals surface area contributed by atoms with Crippen molar-refractivity contribution in [2.45, 2.75) is 20.8 Å². The van der Waals surface area contributed by atoms with E-state index >= 15 is 0 Å². The summed E-state index contributed by atoms with van der Waals surface area (Å²) in [5.74, 6) is 0.633. The molecule has 1 aromatic heterocycles. The topological polar surface area (TPSA) is 35.0 Å². The fraction of sp³-hybridized carbons (Fsp3) is 0.231. The summed E-state index contributed by atoms with van der Waals surface area (Å²) >= 11 is 5.86. The fourth-order valence-electron chi connectivity index (χ4n) is 1.44. The number of aryl methyl sites for hydroxylation is 1. The maximum absolute atomic E-state index is 13.1. The molecule has 2 aromatic rings. The molecule has 0 aliphatic rings. The highest BCUT2D eigenvalue weighted by Crippen LogP contribution is 2.27. The molecule has 0 saturated carbocycles. The number of hydrogen-bond donors (Lipinski definition) is 0. The van der Waals surface area contributed by atoms with Crippen LogP contribution in [0.25, 0.3) is 0 Å². The number of rotatable bonds is 2. The Kier molecular flexibility index (Phi) is 3.48. The van der Waals surface area contributed by atoms with Crippen LogP contribution < -0.4 is 4.74 Å². The first-order valence-corrected chi connectivity index (χ1v) is 5.80. The molecule has 0 atom stereocenters. The van der Waals surface area contributed by atoms with E-state index in [0.717, 1.165) is 11.1 Å². The molecular formula is C13H12ClFN2O. The number of halogens is 2. The van der Waals surface area contributed by atoms with E-state index in [0.29, 0.717) is 22.3 Å². The molecule has 0 fully saturated rings. The van der Waals surface area contributed by atoms with Gasteiger partial charge >= 0.3 is 0 Å². The Bertz CT molecular complexity index is 602. The lowest BCUT2D eigenvalue weighted by Crippen LogP contribution is -1.98. The third-order valence-electron chi connectivity index (χ3n) is 2.77. The molecule has 0 aliphatic carbocycles. The molecule has 0 unspecified atom stereocenters. The number of nitrogens with zero attached hydrogens (tertiary/aromatic N) is 2. The molecule has 0 amide bonds. The van der Waals surface area contributed by atoms with Crippen LogP contribution in [0.3, 0.4) is 0 Å². The third kappa shape index (κ3) is 2.43. The molecular weight excluding hydrogens is 255 g/mol. The van der Waals surface area contributed by atoms with Gasteiger partial charge in [0.05, 0.1) is 0 Å². The van der Waals surface area contributed by atoms with Gasteiger partial charge in [0.1, 0.15) is 11.6 Å². The molecule has 94 valence electrons. The molecule has 0 bridgehead atoms. The van der Waals surface area contributed by atoms with E-state index < -0.39 is 0 Å². The monoisotopic (exact) mass is 266 g/mol. The molecule has 1 aromatic carbocycles. The van der Waals surface area contributed by atoms with Crippen molar-refractivity contribution in [3.8, 4) is 11.6 Å². The summed E-state index contributed by atoms with van der Waals surface area (Å²) < 4.78 is 18.7. The highest BCUT2D eigenvalue weighted by molar-refractivity contribution is 6.30. The molecule has 1 heterocycles. The highest BCUT2D eigenvalue weighted by Gasteiger charge is 2.10. The SMILES string of the molecule is Cc1cc(Oc2nnc(Cl)c(C)c2C)ccc1F. The van der Waals surface area contributed by atoms with E-state index in [4.69, 9.17) is 16.3 Å². The summed E-state index contributed by atoms with van der Waals surface area (Å²) in [4.78, 5) is 0. The van der Waals surface area contributed by atoms with Gasteiger partial charge in [-0.05, 0) is 50.1 Å². The smallest absolute Gasteiger partial charge is 0.242 e. The Balaban J connectivity index is 2.34. The van der Waals surface area contributed by atoms with Gasteiger partial charge in [0.2, 0.25) is 5.88 Å². The standard InChI is InChI=1S/C13H12ClFN2O/c1-7-6-10(4-5-11(7)15)18-13-9(3)8(2)12(14)16-17-13/h4-6H,1-3H3. The zero-order valence-electron chi connectivity index (χ0n) is 10.3. The minimum absolute atomic E-state index is 0.266. The van der Waals surface area contributed by atoms with Crippen LogP contribution in [0.4, 0.5) is 4.39 Å². The van der Waals surface area contributed by atoms with Gasteiger partial charge in [-0.2, -0.15) is 0 Å². The molecule has 2 rings (SSSR count). The van der Waals surface area contributed by atoms with Crippen molar-refractivity contribution >= 4 is 11.6 Å². The second-order valence-electron chi connectivity index (χ2n) is 4.06. The Morgan fingerprint density at radius 1 is 1.11 bits per heavy atom. The number of ether oxygens (including phenoxy) is 1. The summed E-state index contributed by atoms with van der Waals surface area (Å²) in [6.45, 7) is 5.37. The van der Waals surface area contributed by atoms with Gasteiger partial charge in [0.25, 0.3) is 0 Å². The first-order valence-electron chi connectivity index (χ1n) is 5.42. The Labute approximate surface area is 110 Å². The molecule has 3 nitrogen and oxygen atoms in total. The quantitative estimate of drug-likeness (QED) is 0.824. The molecule has 0 radical (unpaired) electrons. The van der Waals surface area contributed by atoms with Crippen LogP contribution in [0.1, 0.15) is 16.7 Å². The number of benzene rings is 1. The van der Waals surface area contributed by atoms with Gasteiger partial charge in [-0.15, -0.1) is 10.2 Å². The predicted octanol–water partition coefficient (Wildman–Crippen LogP) is 3.99. The largest absolute Gasteiger partial charge is 0.437 e. The van der Waals surface area contributed by atoms with Crippen LogP contribution in [0.5, 0.6) is 11.6 Å². The second kappa shape index (κ2) is 4.90. The van der Waals surface area contributed by atoms with Crippen LogP contribution in [0, 0.1) is 26.6 Å². The van der Waals surface area contributed by atoms with Gasteiger partial charge < -0.3 is 4.74 Å². The van der Waals surface area contributed by atoms with Gasteiger partial charge in [0.15, 0.2) is 5.15 Å². The van der Waals surface area contributed by atoms with Gasteiger partial charge in [-0.1, -0.05) is 11.6 Å². The van der Waals surface area contributed by atoms with E-state index in [9.17, 15) is 4.39 Å². The van der Waals surface area contributed by atoms with E-state index in [1.54, 1.807) is 19.1 Å². The molecule has 0 aliphatic heterocycles. The Morgan fingerprint density at radius 3 is 2.50 bits per heavy atom. The lowest BCUT2D eigenvalue weighted by Gasteiger charge is -2.09. The second-order valence-corrected chi connectivity index (χ2v) is 4.42. The predicted molar refractivity (Wildman–Crippen MR) is 67.7 cm³/mol. The first kappa shape index (κ1) is 12.8. The molecule has 0 spiro atoms. The van der Waals surface area contributed by atoms with Crippen molar-refractivity contribution < 1.29 is 9.13 Å². The van der Waals surface area contributed by atoms with Crippen molar-refractivity contribution in [1.82, 2.24) is 10.2 Å². The fourth-order valence-corrected chi connectivity index (χ4v) is 1.62. The average Bonchev–Trinajstić information content (AvgIpc) is 2.34. The molecule has 0 saturated heterocycles. The van der Waals surface area contributed by atoms with Crippen LogP contribution in [-0.2, 0) is 0 Å². The lowest BCUT2D eigenvalue weighted by atomic mass is 10.2. The van der Waals surface area contributed by atoms with Crippen LogP contribution in [0.15, 0.2) is 18.2 Å². The van der Waals surface area contributed by atoms with Crippen molar-refractivity contribution in [3.05, 3.63) is 45.9 Å². The molecule has 18 heavy (non-hydrogen) atoms. The van der Waals surface area contributed by atoms with Crippen LogP contribution in [-0.4, -0.2) is 10.2 Å². The summed E-state index contributed by atoms with van der Waals surface area (Å²) in [7, 11) is 0. The van der Waals surface area contributed by atoms with Crippen LogP contribution >= 0.6 is 11.6 Å². The van der Waals surface area contributed by atoms with Gasteiger partial charge in [-0.3, -0.25) is 0 Å². The summed E-state index contributed by atoms with van der Waals surface area (Å²) in [6, 6.07) is 4.52. The molecule has 5 heteroatoms. The van der Waals surface area contributed by atoms with E-state index in [1.807, 2.05) is 13.8 Å². The maximum atomic E-state index is 13.1. The summed E-state index contributed by atoms with van der Waals surface area (Å²) in [5, 5.41) is 8.04. The van der Waals surface area contributed by atoms with Gasteiger partial charge in [0, 0.05) is 5.56 Å². The minimum Gasteiger partial charge on any atom is -0.437 e. The van der Waals surface area contributed by atoms with Crippen molar-refractivity contribution in [2.75, 3.05) is 0 Å². The maximum Gasteiger partial charge on any atom is 0.242 e. The summed E-state index contributed by atoms with van der Waals surface area (Å²) in [5.41, 5.74) is 2.15. The zero-order chi connectivity index (χ0) is 13.3. The minimum atomic E-state index is -0.266.